The zero-order valence-corrected chi connectivity index (χ0v) is 22.8. The minimum atomic E-state index is -4.37. The highest BCUT2D eigenvalue weighted by Crippen LogP contribution is 2.49. The van der Waals surface area contributed by atoms with Crippen molar-refractivity contribution in [2.75, 3.05) is 44.3 Å². The van der Waals surface area contributed by atoms with E-state index >= 15 is 0 Å². The van der Waals surface area contributed by atoms with Crippen LogP contribution in [0, 0.1) is 0 Å². The Morgan fingerprint density at radius 2 is 1.74 bits per heavy atom. The summed E-state index contributed by atoms with van der Waals surface area (Å²) in [6.45, 7) is 6.19. The molecule has 0 radical (unpaired) electrons. The third-order valence-electron chi connectivity index (χ3n) is 7.03. The number of fused-ring (bicyclic) bond motifs is 2. The number of para-hydroxylation sites is 1. The smallest absolute Gasteiger partial charge is 0.416 e. The second-order valence-corrected chi connectivity index (χ2v) is 10.9. The van der Waals surface area contributed by atoms with Crippen LogP contribution in [0.25, 0.3) is 0 Å². The van der Waals surface area contributed by atoms with Crippen molar-refractivity contribution in [2.24, 2.45) is 0 Å². The maximum absolute atomic E-state index is 13.4. The number of carbonyl (C=O) groups excluding carboxylic acids is 1. The monoisotopic (exact) mass is 550 g/mol. The molecule has 2 aromatic rings. The molecule has 1 saturated heterocycles. The molecule has 4 rings (SSSR count). The highest BCUT2D eigenvalue weighted by Gasteiger charge is 2.33. The zero-order valence-electron chi connectivity index (χ0n) is 22.0. The topological polar surface area (TPSA) is 42.0 Å². The number of piperidine rings is 1. The van der Waals surface area contributed by atoms with Crippen LogP contribution in [-0.2, 0) is 20.4 Å². The SMILES string of the molecule is CCCCCC(=O)OCCOC1CCN(CCCN2c3ccccc3Sc3ccc(C(F)(F)F)cc32)CC1. The second-order valence-electron chi connectivity index (χ2n) is 9.84. The normalized spacial score (nSPS) is 16.3. The average Bonchev–Trinajstić information content (AvgIpc) is 2.91. The molecule has 5 nitrogen and oxygen atoms in total. The number of hydrogen-bond acceptors (Lipinski definition) is 6. The maximum atomic E-state index is 13.4. The number of anilines is 2. The van der Waals surface area contributed by atoms with Gasteiger partial charge in [0.25, 0.3) is 0 Å². The summed E-state index contributed by atoms with van der Waals surface area (Å²) in [6.07, 6.45) is 1.96. The van der Waals surface area contributed by atoms with Crippen molar-refractivity contribution in [1.82, 2.24) is 4.90 Å². The first kappa shape index (κ1) is 28.8. The number of benzene rings is 2. The predicted molar refractivity (Wildman–Crippen MR) is 144 cm³/mol. The van der Waals surface area contributed by atoms with Gasteiger partial charge in [-0.25, -0.2) is 0 Å². The van der Waals surface area contributed by atoms with Crippen molar-refractivity contribution < 1.29 is 27.4 Å². The van der Waals surface area contributed by atoms with Gasteiger partial charge in [0.15, 0.2) is 0 Å². The molecule has 2 heterocycles. The van der Waals surface area contributed by atoms with Gasteiger partial charge in [-0.1, -0.05) is 43.7 Å². The van der Waals surface area contributed by atoms with E-state index in [1.165, 1.54) is 23.9 Å². The molecule has 208 valence electrons. The summed E-state index contributed by atoms with van der Waals surface area (Å²) < 4.78 is 51.5. The Morgan fingerprint density at radius 1 is 0.974 bits per heavy atom. The molecule has 0 unspecified atom stereocenters. The summed E-state index contributed by atoms with van der Waals surface area (Å²) >= 11 is 1.52. The molecule has 0 aromatic heterocycles. The van der Waals surface area contributed by atoms with Gasteiger partial charge in [0, 0.05) is 35.8 Å². The summed E-state index contributed by atoms with van der Waals surface area (Å²) in [6, 6.07) is 11.9. The van der Waals surface area contributed by atoms with Crippen LogP contribution < -0.4 is 4.90 Å². The van der Waals surface area contributed by atoms with Crippen molar-refractivity contribution in [2.45, 2.75) is 73.9 Å². The largest absolute Gasteiger partial charge is 0.463 e. The van der Waals surface area contributed by atoms with E-state index in [-0.39, 0.29) is 12.1 Å². The van der Waals surface area contributed by atoms with Crippen LogP contribution in [0.4, 0.5) is 24.5 Å². The number of halogens is 3. The lowest BCUT2D eigenvalue weighted by atomic mass is 10.1. The van der Waals surface area contributed by atoms with Crippen LogP contribution in [0.15, 0.2) is 52.3 Å². The highest BCUT2D eigenvalue weighted by atomic mass is 32.2. The Labute approximate surface area is 227 Å². The van der Waals surface area contributed by atoms with E-state index in [2.05, 4.69) is 11.8 Å². The molecule has 0 N–H and O–H groups in total. The van der Waals surface area contributed by atoms with Crippen molar-refractivity contribution in [1.29, 1.82) is 0 Å². The van der Waals surface area contributed by atoms with Crippen molar-refractivity contribution >= 4 is 29.1 Å². The first-order valence-electron chi connectivity index (χ1n) is 13.6. The average molecular weight is 551 g/mol. The molecule has 9 heteroatoms. The molecule has 0 amide bonds. The molecule has 0 atom stereocenters. The van der Waals surface area contributed by atoms with Gasteiger partial charge < -0.3 is 19.3 Å². The maximum Gasteiger partial charge on any atom is 0.416 e. The standard InChI is InChI=1S/C29H37F3N2O3S/c1-2-3-4-10-28(35)37-20-19-36-23-13-17-33(18-14-23)15-7-16-34-24-8-5-6-9-26(24)38-27-12-11-22(21-25(27)34)29(30,31)32/h5-6,8-9,11-12,21,23H,2-4,7,10,13-20H2,1H3. The summed E-state index contributed by atoms with van der Waals surface area (Å²) in [5, 5.41) is 0. The Balaban J connectivity index is 1.23. The predicted octanol–water partition coefficient (Wildman–Crippen LogP) is 7.30. The molecular weight excluding hydrogens is 513 g/mol. The minimum absolute atomic E-state index is 0.149. The lowest BCUT2D eigenvalue weighted by Crippen LogP contribution is -2.38. The Morgan fingerprint density at radius 3 is 2.50 bits per heavy atom. The number of likely N-dealkylation sites (tertiary alicyclic amines) is 1. The van der Waals surface area contributed by atoms with Gasteiger partial charge in [0.1, 0.15) is 6.61 Å². The summed E-state index contributed by atoms with van der Waals surface area (Å²) in [5.74, 6) is -0.149. The molecule has 2 aromatic carbocycles. The van der Waals surface area contributed by atoms with Crippen LogP contribution in [0.3, 0.4) is 0 Å². The van der Waals surface area contributed by atoms with Crippen molar-refractivity contribution in [3.63, 3.8) is 0 Å². The van der Waals surface area contributed by atoms with E-state index < -0.39 is 11.7 Å². The number of ether oxygens (including phenoxy) is 2. The van der Waals surface area contributed by atoms with E-state index in [9.17, 15) is 18.0 Å². The van der Waals surface area contributed by atoms with E-state index in [4.69, 9.17) is 9.47 Å². The van der Waals surface area contributed by atoms with Crippen LogP contribution in [-0.4, -0.2) is 56.4 Å². The van der Waals surface area contributed by atoms with Crippen LogP contribution in [0.2, 0.25) is 0 Å². The highest BCUT2D eigenvalue weighted by molar-refractivity contribution is 7.99. The number of rotatable bonds is 12. The first-order valence-corrected chi connectivity index (χ1v) is 14.4. The number of esters is 1. The molecule has 1 fully saturated rings. The number of carbonyl (C=O) groups is 1. The lowest BCUT2D eigenvalue weighted by Gasteiger charge is -2.35. The van der Waals surface area contributed by atoms with Gasteiger partial charge >= 0.3 is 12.1 Å². The first-order chi connectivity index (χ1) is 18.3. The third kappa shape index (κ3) is 7.90. The molecule has 0 aliphatic carbocycles. The fraction of sp³-hybridized carbons (Fsp3) is 0.552. The summed E-state index contributed by atoms with van der Waals surface area (Å²) in [7, 11) is 0. The van der Waals surface area contributed by atoms with Gasteiger partial charge in [0.2, 0.25) is 0 Å². The number of nitrogens with zero attached hydrogens (tertiary/aromatic N) is 2. The third-order valence-corrected chi connectivity index (χ3v) is 8.16. The van der Waals surface area contributed by atoms with E-state index in [0.717, 1.165) is 73.6 Å². The fourth-order valence-electron chi connectivity index (χ4n) is 4.96. The Kier molecular flexibility index (Phi) is 10.4. The van der Waals surface area contributed by atoms with E-state index in [1.807, 2.05) is 29.2 Å². The molecule has 2 aliphatic rings. The second kappa shape index (κ2) is 13.7. The van der Waals surface area contributed by atoms with E-state index in [0.29, 0.717) is 31.9 Å². The van der Waals surface area contributed by atoms with Gasteiger partial charge in [-0.2, -0.15) is 13.2 Å². The van der Waals surface area contributed by atoms with Crippen molar-refractivity contribution in [3.8, 4) is 0 Å². The van der Waals surface area contributed by atoms with Gasteiger partial charge in [-0.15, -0.1) is 0 Å². The van der Waals surface area contributed by atoms with Crippen LogP contribution >= 0.6 is 11.8 Å². The summed E-state index contributed by atoms with van der Waals surface area (Å²) in [4.78, 5) is 18.0. The quantitative estimate of drug-likeness (QED) is 0.204. The Bertz CT molecular complexity index is 1060. The molecule has 38 heavy (non-hydrogen) atoms. The lowest BCUT2D eigenvalue weighted by molar-refractivity contribution is -0.146. The summed E-state index contributed by atoms with van der Waals surface area (Å²) in [5.41, 5.74) is 0.971. The minimum Gasteiger partial charge on any atom is -0.463 e. The molecule has 0 spiro atoms. The number of hydrogen-bond donors (Lipinski definition) is 0. The number of alkyl halides is 3. The van der Waals surface area contributed by atoms with E-state index in [1.54, 1.807) is 6.07 Å². The fourth-order valence-corrected chi connectivity index (χ4v) is 6.04. The van der Waals surface area contributed by atoms with Crippen LogP contribution in [0.1, 0.15) is 57.4 Å². The number of unbranched alkanes of at least 4 members (excludes halogenated alkanes) is 2. The van der Waals surface area contributed by atoms with Gasteiger partial charge in [0.05, 0.1) is 29.6 Å². The molecular formula is C29H37F3N2O3S. The Hall–Kier alpha value is -2.23. The molecule has 0 bridgehead atoms. The zero-order chi connectivity index (χ0) is 27.0. The molecule has 0 saturated carbocycles. The van der Waals surface area contributed by atoms with Gasteiger partial charge in [-0.05, 0) is 62.6 Å². The van der Waals surface area contributed by atoms with Gasteiger partial charge in [-0.3, -0.25) is 4.79 Å². The van der Waals surface area contributed by atoms with Crippen molar-refractivity contribution in [3.05, 3.63) is 48.0 Å². The molecule has 2 aliphatic heterocycles. The van der Waals surface area contributed by atoms with Crippen LogP contribution in [0.5, 0.6) is 0 Å².